The lowest BCUT2D eigenvalue weighted by Crippen LogP contribution is -2.45. The monoisotopic (exact) mass is 376 g/mol. The summed E-state index contributed by atoms with van der Waals surface area (Å²) in [5.41, 5.74) is 6.57. The summed E-state index contributed by atoms with van der Waals surface area (Å²) in [7, 11) is -3.60. The van der Waals surface area contributed by atoms with Crippen LogP contribution >= 0.6 is 15.9 Å². The molecule has 21 heavy (non-hydrogen) atoms. The summed E-state index contributed by atoms with van der Waals surface area (Å²) in [6.45, 7) is 6.20. The SMILES string of the molecule is Cc1c(N)cc(Br)cc1S(=O)(=O)NC1CCOC(C)(C)C1. The summed E-state index contributed by atoms with van der Waals surface area (Å²) in [5.74, 6) is 0. The number of nitrogens with two attached hydrogens (primary N) is 1. The first kappa shape index (κ1) is 16.7. The minimum atomic E-state index is -3.60. The predicted molar refractivity (Wildman–Crippen MR) is 86.7 cm³/mol. The molecule has 1 aromatic rings. The molecule has 0 aromatic heterocycles. The van der Waals surface area contributed by atoms with Crippen LogP contribution in [0.1, 0.15) is 32.3 Å². The molecule has 2 rings (SSSR count). The molecule has 118 valence electrons. The van der Waals surface area contributed by atoms with E-state index in [9.17, 15) is 8.42 Å². The fourth-order valence-corrected chi connectivity index (χ4v) is 4.77. The van der Waals surface area contributed by atoms with Crippen LogP contribution in [0.2, 0.25) is 0 Å². The van der Waals surface area contributed by atoms with E-state index in [2.05, 4.69) is 20.7 Å². The van der Waals surface area contributed by atoms with Gasteiger partial charge >= 0.3 is 0 Å². The molecule has 0 spiro atoms. The van der Waals surface area contributed by atoms with Crippen molar-refractivity contribution in [3.63, 3.8) is 0 Å². The van der Waals surface area contributed by atoms with Gasteiger partial charge in [-0.15, -0.1) is 0 Å². The Labute approximate surface area is 134 Å². The molecule has 0 saturated carbocycles. The summed E-state index contributed by atoms with van der Waals surface area (Å²) < 4.78 is 34.3. The Bertz CT molecular complexity index is 644. The lowest BCUT2D eigenvalue weighted by atomic mass is 9.95. The van der Waals surface area contributed by atoms with Gasteiger partial charge in [-0.25, -0.2) is 13.1 Å². The maximum Gasteiger partial charge on any atom is 0.241 e. The van der Waals surface area contributed by atoms with Crippen LogP contribution in [0.4, 0.5) is 5.69 Å². The van der Waals surface area contributed by atoms with Gasteiger partial charge in [-0.3, -0.25) is 0 Å². The standard InChI is InChI=1S/C14H21BrN2O3S/c1-9-12(16)6-10(15)7-13(9)21(18,19)17-11-4-5-20-14(2,3)8-11/h6-7,11,17H,4-5,8,16H2,1-3H3. The van der Waals surface area contributed by atoms with Crippen molar-refractivity contribution >= 4 is 31.6 Å². The van der Waals surface area contributed by atoms with Crippen molar-refractivity contribution in [1.82, 2.24) is 4.72 Å². The Hall–Kier alpha value is -0.630. The predicted octanol–water partition coefficient (Wildman–Crippen LogP) is 2.58. The molecule has 0 aliphatic carbocycles. The van der Waals surface area contributed by atoms with Crippen LogP contribution in [-0.2, 0) is 14.8 Å². The van der Waals surface area contributed by atoms with Crippen LogP contribution < -0.4 is 10.5 Å². The average Bonchev–Trinajstić information content (AvgIpc) is 2.31. The Kier molecular flexibility index (Phi) is 4.68. The fourth-order valence-electron chi connectivity index (χ4n) is 2.57. The molecule has 0 amide bonds. The van der Waals surface area contributed by atoms with Gasteiger partial charge in [-0.2, -0.15) is 0 Å². The van der Waals surface area contributed by atoms with E-state index >= 15 is 0 Å². The van der Waals surface area contributed by atoms with Gasteiger partial charge in [-0.05, 0) is 51.3 Å². The molecule has 1 heterocycles. The lowest BCUT2D eigenvalue weighted by Gasteiger charge is -2.35. The Morgan fingerprint density at radius 2 is 2.10 bits per heavy atom. The molecular formula is C14H21BrN2O3S. The van der Waals surface area contributed by atoms with Crippen molar-refractivity contribution in [2.24, 2.45) is 0 Å². The van der Waals surface area contributed by atoms with Crippen LogP contribution in [0.25, 0.3) is 0 Å². The van der Waals surface area contributed by atoms with Gasteiger partial charge in [0.25, 0.3) is 0 Å². The van der Waals surface area contributed by atoms with E-state index in [0.29, 0.717) is 35.2 Å². The number of anilines is 1. The van der Waals surface area contributed by atoms with Crippen LogP contribution in [0, 0.1) is 6.92 Å². The minimum Gasteiger partial charge on any atom is -0.398 e. The van der Waals surface area contributed by atoms with E-state index < -0.39 is 10.0 Å². The van der Waals surface area contributed by atoms with Crippen LogP contribution in [0.15, 0.2) is 21.5 Å². The molecule has 0 bridgehead atoms. The quantitative estimate of drug-likeness (QED) is 0.794. The second-order valence-corrected chi connectivity index (χ2v) is 8.64. The Morgan fingerprint density at radius 3 is 2.71 bits per heavy atom. The number of sulfonamides is 1. The summed E-state index contributed by atoms with van der Waals surface area (Å²) >= 11 is 3.29. The summed E-state index contributed by atoms with van der Waals surface area (Å²) in [6.07, 6.45) is 1.32. The second kappa shape index (κ2) is 5.87. The normalized spacial score (nSPS) is 22.2. The van der Waals surface area contributed by atoms with E-state index in [1.807, 2.05) is 13.8 Å². The van der Waals surface area contributed by atoms with Gasteiger partial charge in [0.2, 0.25) is 10.0 Å². The Balaban J connectivity index is 2.27. The van der Waals surface area contributed by atoms with E-state index in [1.54, 1.807) is 19.1 Å². The largest absolute Gasteiger partial charge is 0.398 e. The fraction of sp³-hybridized carbons (Fsp3) is 0.571. The van der Waals surface area contributed by atoms with Crippen molar-refractivity contribution in [2.45, 2.75) is 50.2 Å². The molecule has 5 nitrogen and oxygen atoms in total. The highest BCUT2D eigenvalue weighted by molar-refractivity contribution is 9.10. The first-order chi connectivity index (χ1) is 9.61. The minimum absolute atomic E-state index is 0.127. The molecule has 1 aliphatic heterocycles. The van der Waals surface area contributed by atoms with Gasteiger partial charge in [0.1, 0.15) is 0 Å². The first-order valence-electron chi connectivity index (χ1n) is 6.83. The highest BCUT2D eigenvalue weighted by Gasteiger charge is 2.32. The van der Waals surface area contributed by atoms with E-state index in [1.165, 1.54) is 0 Å². The van der Waals surface area contributed by atoms with Crippen LogP contribution in [0.3, 0.4) is 0 Å². The van der Waals surface area contributed by atoms with Crippen molar-refractivity contribution in [3.8, 4) is 0 Å². The number of nitrogen functional groups attached to an aromatic ring is 1. The number of ether oxygens (including phenoxy) is 1. The molecule has 3 N–H and O–H groups in total. The van der Waals surface area contributed by atoms with Crippen molar-refractivity contribution in [1.29, 1.82) is 0 Å². The van der Waals surface area contributed by atoms with Crippen molar-refractivity contribution < 1.29 is 13.2 Å². The summed E-state index contributed by atoms with van der Waals surface area (Å²) in [4.78, 5) is 0.221. The number of halogens is 1. The third kappa shape index (κ3) is 3.97. The number of hydrogen-bond acceptors (Lipinski definition) is 4. The Morgan fingerprint density at radius 1 is 1.43 bits per heavy atom. The first-order valence-corrected chi connectivity index (χ1v) is 9.10. The molecule has 1 atom stereocenters. The van der Waals surface area contributed by atoms with Crippen molar-refractivity contribution in [2.75, 3.05) is 12.3 Å². The zero-order valence-electron chi connectivity index (χ0n) is 12.4. The maximum absolute atomic E-state index is 12.6. The highest BCUT2D eigenvalue weighted by atomic mass is 79.9. The second-order valence-electron chi connectivity index (χ2n) is 6.04. The number of benzene rings is 1. The zero-order valence-corrected chi connectivity index (χ0v) is 14.8. The average molecular weight is 377 g/mol. The van der Waals surface area contributed by atoms with Crippen LogP contribution in [-0.4, -0.2) is 26.7 Å². The zero-order chi connectivity index (χ0) is 15.8. The molecule has 1 saturated heterocycles. The molecule has 1 aromatic carbocycles. The van der Waals surface area contributed by atoms with E-state index in [4.69, 9.17) is 10.5 Å². The molecule has 7 heteroatoms. The third-order valence-corrected chi connectivity index (χ3v) is 5.78. The van der Waals surface area contributed by atoms with Gasteiger partial charge < -0.3 is 10.5 Å². The summed E-state index contributed by atoms with van der Waals surface area (Å²) in [6, 6.07) is 3.16. The third-order valence-electron chi connectivity index (χ3n) is 3.67. The van der Waals surface area contributed by atoms with Crippen LogP contribution in [0.5, 0.6) is 0 Å². The van der Waals surface area contributed by atoms with Gasteiger partial charge in [0.15, 0.2) is 0 Å². The van der Waals surface area contributed by atoms with Gasteiger partial charge in [0.05, 0.1) is 10.5 Å². The molecule has 0 radical (unpaired) electrons. The molecule has 1 unspecified atom stereocenters. The lowest BCUT2D eigenvalue weighted by molar-refractivity contribution is -0.0599. The number of nitrogens with one attached hydrogen (secondary N) is 1. The van der Waals surface area contributed by atoms with E-state index in [-0.39, 0.29) is 16.5 Å². The van der Waals surface area contributed by atoms with Gasteiger partial charge in [-0.1, -0.05) is 15.9 Å². The maximum atomic E-state index is 12.6. The smallest absolute Gasteiger partial charge is 0.241 e. The van der Waals surface area contributed by atoms with E-state index in [0.717, 1.165) is 0 Å². The molecular weight excluding hydrogens is 356 g/mol. The van der Waals surface area contributed by atoms with Crippen molar-refractivity contribution in [3.05, 3.63) is 22.2 Å². The number of hydrogen-bond donors (Lipinski definition) is 2. The number of rotatable bonds is 3. The highest BCUT2D eigenvalue weighted by Crippen LogP contribution is 2.29. The summed E-state index contributed by atoms with van der Waals surface area (Å²) in [5, 5.41) is 0. The topological polar surface area (TPSA) is 81.4 Å². The molecule has 1 aliphatic rings. The molecule has 1 fully saturated rings. The van der Waals surface area contributed by atoms with Gasteiger partial charge in [0, 0.05) is 22.8 Å².